The van der Waals surface area contributed by atoms with E-state index >= 15 is 0 Å². The third-order valence-electron chi connectivity index (χ3n) is 4.64. The molecule has 4 rings (SSSR count). The number of thiazole rings is 1. The van der Waals surface area contributed by atoms with Crippen LogP contribution in [-0.4, -0.2) is 26.5 Å². The van der Waals surface area contributed by atoms with Crippen LogP contribution >= 0.6 is 22.9 Å². The van der Waals surface area contributed by atoms with Gasteiger partial charge in [0.2, 0.25) is 0 Å². The minimum Gasteiger partial charge on any atom is -0.298 e. The Hall–Kier alpha value is -2.51. The Morgan fingerprint density at radius 3 is 2.89 bits per heavy atom. The number of anilines is 1. The van der Waals surface area contributed by atoms with Crippen molar-refractivity contribution in [1.82, 2.24) is 14.8 Å². The molecule has 0 spiro atoms. The van der Waals surface area contributed by atoms with Crippen molar-refractivity contribution in [2.45, 2.75) is 33.2 Å². The lowest BCUT2D eigenvalue weighted by Gasteiger charge is -2.26. The number of carbonyl (C=O) groups excluding carboxylic acids is 2. The van der Waals surface area contributed by atoms with Crippen molar-refractivity contribution in [2.24, 2.45) is 5.41 Å². The maximum absolute atomic E-state index is 12.6. The Kier molecular flexibility index (Phi) is 4.81. The zero-order chi connectivity index (χ0) is 19.9. The van der Waals surface area contributed by atoms with Gasteiger partial charge in [0.25, 0.3) is 5.91 Å². The quantitative estimate of drug-likeness (QED) is 0.684. The van der Waals surface area contributed by atoms with Crippen LogP contribution in [0.25, 0.3) is 0 Å². The van der Waals surface area contributed by atoms with Gasteiger partial charge in [-0.1, -0.05) is 55.0 Å². The molecule has 2 aromatic heterocycles. The molecule has 2 heterocycles. The zero-order valence-corrected chi connectivity index (χ0v) is 17.1. The van der Waals surface area contributed by atoms with Crippen LogP contribution in [-0.2, 0) is 13.0 Å². The van der Waals surface area contributed by atoms with Gasteiger partial charge in [0.1, 0.15) is 0 Å². The van der Waals surface area contributed by atoms with Gasteiger partial charge >= 0.3 is 0 Å². The van der Waals surface area contributed by atoms with Crippen molar-refractivity contribution < 1.29 is 9.59 Å². The van der Waals surface area contributed by atoms with Crippen LogP contribution < -0.4 is 5.32 Å². The highest BCUT2D eigenvalue weighted by atomic mass is 35.5. The average Bonchev–Trinajstić information content (AvgIpc) is 3.23. The first kappa shape index (κ1) is 18.8. The van der Waals surface area contributed by atoms with Crippen molar-refractivity contribution in [2.75, 3.05) is 5.32 Å². The zero-order valence-electron chi connectivity index (χ0n) is 15.5. The summed E-state index contributed by atoms with van der Waals surface area (Å²) in [5, 5.41) is 8.13. The third-order valence-corrected chi connectivity index (χ3v) is 6.06. The molecule has 1 aromatic carbocycles. The number of nitrogens with zero attached hydrogens (tertiary/aromatic N) is 3. The standard InChI is InChI=1S/C20H19ClN4O2S/c1-20(2)7-15-17(16(26)8-20)28-19(23-15)24-18(27)13-9-22-25(11-13)10-12-5-3-4-6-14(12)21/h3-6,9,11H,7-8,10H2,1-2H3,(H,23,24,27). The van der Waals surface area contributed by atoms with Gasteiger partial charge in [-0.05, 0) is 23.5 Å². The second-order valence-electron chi connectivity index (χ2n) is 7.71. The average molecular weight is 415 g/mol. The predicted octanol–water partition coefficient (Wildman–Crippen LogP) is 4.45. The van der Waals surface area contributed by atoms with E-state index in [1.54, 1.807) is 10.9 Å². The van der Waals surface area contributed by atoms with Crippen molar-refractivity contribution in [3.05, 3.63) is 63.4 Å². The second-order valence-corrected chi connectivity index (χ2v) is 9.11. The smallest absolute Gasteiger partial charge is 0.260 e. The van der Waals surface area contributed by atoms with E-state index in [4.69, 9.17) is 11.6 Å². The Morgan fingerprint density at radius 1 is 1.32 bits per heavy atom. The molecule has 1 aliphatic rings. The molecule has 0 saturated carbocycles. The van der Waals surface area contributed by atoms with Gasteiger partial charge in [0.05, 0.1) is 28.9 Å². The summed E-state index contributed by atoms with van der Waals surface area (Å²) in [6.45, 7) is 4.58. The predicted molar refractivity (Wildman–Crippen MR) is 109 cm³/mol. The number of nitrogens with one attached hydrogen (secondary N) is 1. The molecular formula is C20H19ClN4O2S. The maximum Gasteiger partial charge on any atom is 0.260 e. The first-order chi connectivity index (χ1) is 13.3. The molecular weight excluding hydrogens is 396 g/mol. The molecule has 0 radical (unpaired) electrons. The van der Waals surface area contributed by atoms with E-state index in [0.717, 1.165) is 17.7 Å². The molecule has 1 aliphatic carbocycles. The summed E-state index contributed by atoms with van der Waals surface area (Å²) in [5.74, 6) is -0.208. The first-order valence-corrected chi connectivity index (χ1v) is 10.1. The number of rotatable bonds is 4. The van der Waals surface area contributed by atoms with E-state index in [9.17, 15) is 9.59 Å². The molecule has 1 amide bonds. The van der Waals surface area contributed by atoms with Crippen molar-refractivity contribution in [3.63, 3.8) is 0 Å². The summed E-state index contributed by atoms with van der Waals surface area (Å²) in [6, 6.07) is 7.52. The van der Waals surface area contributed by atoms with Gasteiger partial charge in [-0.3, -0.25) is 19.6 Å². The van der Waals surface area contributed by atoms with E-state index < -0.39 is 0 Å². The fraction of sp³-hybridized carbons (Fsp3) is 0.300. The van der Waals surface area contributed by atoms with E-state index in [-0.39, 0.29) is 17.1 Å². The molecule has 28 heavy (non-hydrogen) atoms. The summed E-state index contributed by atoms with van der Waals surface area (Å²) in [7, 11) is 0. The van der Waals surface area contributed by atoms with Gasteiger partial charge in [0, 0.05) is 17.6 Å². The monoisotopic (exact) mass is 414 g/mol. The number of halogens is 1. The summed E-state index contributed by atoms with van der Waals surface area (Å²) in [4.78, 5) is 30.0. The number of Topliss-reactive ketones (excluding diaryl/α,β-unsaturated/α-hetero) is 1. The van der Waals surface area contributed by atoms with E-state index in [1.165, 1.54) is 17.5 Å². The molecule has 0 bridgehead atoms. The van der Waals surface area contributed by atoms with Gasteiger partial charge in [-0.25, -0.2) is 4.98 Å². The van der Waals surface area contributed by atoms with Gasteiger partial charge in [-0.15, -0.1) is 0 Å². The molecule has 8 heteroatoms. The molecule has 0 fully saturated rings. The van der Waals surface area contributed by atoms with Crippen LogP contribution in [0.15, 0.2) is 36.7 Å². The number of carbonyl (C=O) groups is 2. The minimum atomic E-state index is -0.303. The largest absolute Gasteiger partial charge is 0.298 e. The second kappa shape index (κ2) is 7.14. The molecule has 144 valence electrons. The topological polar surface area (TPSA) is 76.9 Å². The van der Waals surface area contributed by atoms with Crippen LogP contribution in [0, 0.1) is 5.41 Å². The Bertz CT molecular complexity index is 1070. The lowest BCUT2D eigenvalue weighted by molar-refractivity contribution is 0.0915. The number of benzene rings is 1. The van der Waals surface area contributed by atoms with Gasteiger partial charge in [-0.2, -0.15) is 5.10 Å². The van der Waals surface area contributed by atoms with E-state index in [2.05, 4.69) is 29.2 Å². The highest BCUT2D eigenvalue weighted by Gasteiger charge is 2.34. The number of amides is 1. The molecule has 0 saturated heterocycles. The number of ketones is 1. The van der Waals surface area contributed by atoms with Gasteiger partial charge < -0.3 is 0 Å². The van der Waals surface area contributed by atoms with Crippen LogP contribution in [0.5, 0.6) is 0 Å². The highest BCUT2D eigenvalue weighted by Crippen LogP contribution is 2.38. The number of hydrogen-bond acceptors (Lipinski definition) is 5. The normalized spacial score (nSPS) is 15.3. The lowest BCUT2D eigenvalue weighted by Crippen LogP contribution is -2.26. The van der Waals surface area contributed by atoms with Crippen LogP contribution in [0.1, 0.15) is 51.6 Å². The molecule has 6 nitrogen and oxygen atoms in total. The van der Waals surface area contributed by atoms with Crippen molar-refractivity contribution in [1.29, 1.82) is 0 Å². The molecule has 0 aliphatic heterocycles. The summed E-state index contributed by atoms with van der Waals surface area (Å²) in [5.41, 5.74) is 2.02. The fourth-order valence-electron chi connectivity index (χ4n) is 3.31. The molecule has 0 atom stereocenters. The molecule has 3 aromatic rings. The van der Waals surface area contributed by atoms with Crippen LogP contribution in [0.3, 0.4) is 0 Å². The third kappa shape index (κ3) is 3.86. The maximum atomic E-state index is 12.6. The lowest BCUT2D eigenvalue weighted by atomic mass is 9.78. The number of aromatic nitrogens is 3. The summed E-state index contributed by atoms with van der Waals surface area (Å²) < 4.78 is 1.66. The number of hydrogen-bond donors (Lipinski definition) is 1. The first-order valence-electron chi connectivity index (χ1n) is 8.91. The van der Waals surface area contributed by atoms with E-state index in [1.807, 2.05) is 24.3 Å². The van der Waals surface area contributed by atoms with Crippen LogP contribution in [0.2, 0.25) is 5.02 Å². The van der Waals surface area contributed by atoms with Gasteiger partial charge in [0.15, 0.2) is 10.9 Å². The fourth-order valence-corrected chi connectivity index (χ4v) is 4.42. The van der Waals surface area contributed by atoms with Crippen molar-refractivity contribution in [3.8, 4) is 0 Å². The van der Waals surface area contributed by atoms with Crippen LogP contribution in [0.4, 0.5) is 5.13 Å². The number of fused-ring (bicyclic) bond motifs is 1. The molecule has 0 unspecified atom stereocenters. The minimum absolute atomic E-state index is 0.0943. The summed E-state index contributed by atoms with van der Waals surface area (Å²) >= 11 is 7.42. The summed E-state index contributed by atoms with van der Waals surface area (Å²) in [6.07, 6.45) is 4.41. The Labute approximate surface area is 171 Å². The SMILES string of the molecule is CC1(C)CC(=O)c2sc(NC(=O)c3cnn(Cc4ccccc4Cl)c3)nc2C1. The molecule has 1 N–H and O–H groups in total. The Morgan fingerprint density at radius 2 is 2.11 bits per heavy atom. The van der Waals surface area contributed by atoms with Crippen molar-refractivity contribution >= 4 is 39.8 Å². The van der Waals surface area contributed by atoms with E-state index in [0.29, 0.717) is 33.6 Å². The Balaban J connectivity index is 1.47. The highest BCUT2D eigenvalue weighted by molar-refractivity contribution is 7.17.